The SMILES string of the molecule is CCOc1cc(/C=N\Nc2nc(-c3ccccc3)cc(=O)[nH]2)ccc1OCc1ccccc1F. The smallest absolute Gasteiger partial charge is 0.252 e. The fourth-order valence-electron chi connectivity index (χ4n) is 3.20. The molecule has 8 heteroatoms. The van der Waals surface area contributed by atoms with Crippen LogP contribution in [0.15, 0.2) is 88.8 Å². The van der Waals surface area contributed by atoms with Gasteiger partial charge in [-0.15, -0.1) is 0 Å². The highest BCUT2D eigenvalue weighted by Crippen LogP contribution is 2.29. The summed E-state index contributed by atoms with van der Waals surface area (Å²) in [6.45, 7) is 2.38. The number of hydrazone groups is 1. The number of anilines is 1. The molecule has 0 aliphatic rings. The summed E-state index contributed by atoms with van der Waals surface area (Å²) in [4.78, 5) is 19.0. The zero-order valence-corrected chi connectivity index (χ0v) is 18.5. The van der Waals surface area contributed by atoms with Crippen molar-refractivity contribution in [3.63, 3.8) is 0 Å². The van der Waals surface area contributed by atoms with Gasteiger partial charge in [0.25, 0.3) is 5.56 Å². The van der Waals surface area contributed by atoms with E-state index in [0.717, 1.165) is 11.1 Å². The molecule has 0 saturated carbocycles. The van der Waals surface area contributed by atoms with Crippen LogP contribution in [-0.4, -0.2) is 22.8 Å². The summed E-state index contributed by atoms with van der Waals surface area (Å²) in [7, 11) is 0. The summed E-state index contributed by atoms with van der Waals surface area (Å²) < 4.78 is 25.3. The summed E-state index contributed by atoms with van der Waals surface area (Å²) in [5.41, 5.74) is 5.02. The number of ether oxygens (including phenoxy) is 2. The van der Waals surface area contributed by atoms with E-state index in [2.05, 4.69) is 20.5 Å². The number of rotatable bonds is 9. The zero-order valence-electron chi connectivity index (χ0n) is 18.5. The molecule has 34 heavy (non-hydrogen) atoms. The van der Waals surface area contributed by atoms with Crippen LogP contribution in [0.4, 0.5) is 10.3 Å². The van der Waals surface area contributed by atoms with Crippen LogP contribution in [0.3, 0.4) is 0 Å². The largest absolute Gasteiger partial charge is 0.490 e. The van der Waals surface area contributed by atoms with Crippen LogP contribution < -0.4 is 20.5 Å². The third kappa shape index (κ3) is 5.86. The Labute approximate surface area is 195 Å². The van der Waals surface area contributed by atoms with Gasteiger partial charge in [-0.1, -0.05) is 48.5 Å². The minimum atomic E-state index is -0.321. The Hall–Kier alpha value is -4.46. The maximum absolute atomic E-state index is 13.9. The van der Waals surface area contributed by atoms with Crippen LogP contribution in [0.5, 0.6) is 11.5 Å². The lowest BCUT2D eigenvalue weighted by Crippen LogP contribution is -2.10. The van der Waals surface area contributed by atoms with Gasteiger partial charge in [-0.2, -0.15) is 5.10 Å². The minimum absolute atomic E-state index is 0.0819. The standard InChI is InChI=1S/C26H23FN4O3/c1-2-33-24-14-18(12-13-23(24)34-17-20-10-6-7-11-21(20)27)16-28-31-26-29-22(15-25(32)30-26)19-8-4-3-5-9-19/h3-16H,2,17H2,1H3,(H2,29,30,31,32)/b28-16-. The van der Waals surface area contributed by atoms with Crippen LogP contribution >= 0.6 is 0 Å². The van der Waals surface area contributed by atoms with Gasteiger partial charge in [0.2, 0.25) is 5.95 Å². The molecule has 0 unspecified atom stereocenters. The van der Waals surface area contributed by atoms with Gasteiger partial charge in [0, 0.05) is 17.2 Å². The predicted octanol–water partition coefficient (Wildman–Crippen LogP) is 5.00. The molecule has 0 aliphatic carbocycles. The molecule has 0 aliphatic heterocycles. The first-order valence-corrected chi connectivity index (χ1v) is 10.7. The van der Waals surface area contributed by atoms with Gasteiger partial charge in [0.1, 0.15) is 12.4 Å². The maximum atomic E-state index is 13.9. The Morgan fingerprint density at radius 1 is 1.00 bits per heavy atom. The molecule has 3 aromatic carbocycles. The van der Waals surface area contributed by atoms with Crippen LogP contribution in [0.1, 0.15) is 18.1 Å². The fourth-order valence-corrected chi connectivity index (χ4v) is 3.20. The van der Waals surface area contributed by atoms with E-state index >= 15 is 0 Å². The zero-order chi connectivity index (χ0) is 23.8. The van der Waals surface area contributed by atoms with Gasteiger partial charge in [-0.25, -0.2) is 14.8 Å². The monoisotopic (exact) mass is 458 g/mol. The number of hydrogen-bond acceptors (Lipinski definition) is 6. The number of hydrogen-bond donors (Lipinski definition) is 2. The molecule has 2 N–H and O–H groups in total. The molecule has 172 valence electrons. The Bertz CT molecular complexity index is 1340. The first kappa shape index (κ1) is 22.7. The molecule has 4 aromatic rings. The van der Waals surface area contributed by atoms with E-state index in [1.807, 2.05) is 37.3 Å². The number of benzene rings is 3. The summed E-state index contributed by atoms with van der Waals surface area (Å²) in [6, 6.07) is 22.6. The number of H-pyrrole nitrogens is 1. The Kier molecular flexibility index (Phi) is 7.29. The van der Waals surface area contributed by atoms with E-state index in [1.165, 1.54) is 12.1 Å². The van der Waals surface area contributed by atoms with Gasteiger partial charge < -0.3 is 9.47 Å². The molecule has 0 bridgehead atoms. The highest BCUT2D eigenvalue weighted by molar-refractivity contribution is 5.81. The molecule has 0 fully saturated rings. The summed E-state index contributed by atoms with van der Waals surface area (Å²) >= 11 is 0. The van der Waals surface area contributed by atoms with Crippen molar-refractivity contribution >= 4 is 12.2 Å². The van der Waals surface area contributed by atoms with Crippen molar-refractivity contribution < 1.29 is 13.9 Å². The molecule has 1 aromatic heterocycles. The van der Waals surface area contributed by atoms with E-state index in [-0.39, 0.29) is 23.9 Å². The van der Waals surface area contributed by atoms with Crippen molar-refractivity contribution in [3.05, 3.63) is 106 Å². The van der Waals surface area contributed by atoms with Crippen LogP contribution in [0, 0.1) is 5.82 Å². The van der Waals surface area contributed by atoms with Gasteiger partial charge in [-0.3, -0.25) is 9.78 Å². The number of halogens is 1. The number of aromatic nitrogens is 2. The Balaban J connectivity index is 1.47. The predicted molar refractivity (Wildman–Crippen MR) is 130 cm³/mol. The highest BCUT2D eigenvalue weighted by atomic mass is 19.1. The topological polar surface area (TPSA) is 88.6 Å². The number of nitrogens with zero attached hydrogens (tertiary/aromatic N) is 2. The lowest BCUT2D eigenvalue weighted by atomic mass is 10.1. The van der Waals surface area contributed by atoms with Crippen molar-refractivity contribution in [2.45, 2.75) is 13.5 Å². The molecule has 4 rings (SSSR count). The van der Waals surface area contributed by atoms with E-state index in [4.69, 9.17) is 9.47 Å². The number of aromatic amines is 1. The first-order valence-electron chi connectivity index (χ1n) is 10.7. The van der Waals surface area contributed by atoms with Crippen molar-refractivity contribution in [2.75, 3.05) is 12.0 Å². The quantitative estimate of drug-likeness (QED) is 0.272. The van der Waals surface area contributed by atoms with E-state index in [9.17, 15) is 9.18 Å². The van der Waals surface area contributed by atoms with Gasteiger partial charge in [-0.05, 0) is 36.8 Å². The molecular formula is C26H23FN4O3. The van der Waals surface area contributed by atoms with Crippen molar-refractivity contribution in [1.29, 1.82) is 0 Å². The van der Waals surface area contributed by atoms with E-state index < -0.39 is 0 Å². The third-order valence-corrected chi connectivity index (χ3v) is 4.80. The van der Waals surface area contributed by atoms with Crippen molar-refractivity contribution in [2.24, 2.45) is 5.10 Å². The second-order valence-corrected chi connectivity index (χ2v) is 7.23. The molecule has 0 radical (unpaired) electrons. The first-order chi connectivity index (χ1) is 16.6. The highest BCUT2D eigenvalue weighted by Gasteiger charge is 2.09. The van der Waals surface area contributed by atoms with E-state index in [1.54, 1.807) is 42.6 Å². The normalized spacial score (nSPS) is 10.9. The van der Waals surface area contributed by atoms with Gasteiger partial charge in [0.15, 0.2) is 11.5 Å². The van der Waals surface area contributed by atoms with Crippen LogP contribution in [0.2, 0.25) is 0 Å². The maximum Gasteiger partial charge on any atom is 0.252 e. The van der Waals surface area contributed by atoms with Crippen LogP contribution in [-0.2, 0) is 6.61 Å². The van der Waals surface area contributed by atoms with Crippen molar-refractivity contribution in [1.82, 2.24) is 9.97 Å². The molecular weight excluding hydrogens is 435 g/mol. The van der Waals surface area contributed by atoms with Gasteiger partial charge >= 0.3 is 0 Å². The molecule has 0 atom stereocenters. The Morgan fingerprint density at radius 3 is 2.59 bits per heavy atom. The fraction of sp³-hybridized carbons (Fsp3) is 0.115. The molecule has 0 amide bonds. The summed E-state index contributed by atoms with van der Waals surface area (Å²) in [5, 5.41) is 4.17. The summed E-state index contributed by atoms with van der Waals surface area (Å²) in [5.74, 6) is 0.910. The van der Waals surface area contributed by atoms with E-state index in [0.29, 0.717) is 29.4 Å². The Morgan fingerprint density at radius 2 is 1.79 bits per heavy atom. The van der Waals surface area contributed by atoms with Gasteiger partial charge in [0.05, 0.1) is 18.5 Å². The van der Waals surface area contributed by atoms with Crippen LogP contribution in [0.25, 0.3) is 11.3 Å². The molecule has 7 nitrogen and oxygen atoms in total. The second kappa shape index (κ2) is 10.9. The average Bonchev–Trinajstić information content (AvgIpc) is 2.85. The minimum Gasteiger partial charge on any atom is -0.490 e. The second-order valence-electron chi connectivity index (χ2n) is 7.23. The third-order valence-electron chi connectivity index (χ3n) is 4.80. The number of nitrogens with one attached hydrogen (secondary N) is 2. The van der Waals surface area contributed by atoms with Crippen molar-refractivity contribution in [3.8, 4) is 22.8 Å². The summed E-state index contributed by atoms with van der Waals surface area (Å²) in [6.07, 6.45) is 1.57. The lowest BCUT2D eigenvalue weighted by Gasteiger charge is -2.13. The molecule has 1 heterocycles. The molecule has 0 saturated heterocycles. The average molecular weight is 458 g/mol. The molecule has 0 spiro atoms. The lowest BCUT2D eigenvalue weighted by molar-refractivity contribution is 0.266.